The number of carbonyl (C=O) groups excluding carboxylic acids is 1. The zero-order chi connectivity index (χ0) is 30.8. The maximum atomic E-state index is 12.8. The molecule has 0 radical (unpaired) electrons. The first kappa shape index (κ1) is 31.3. The fourth-order valence-corrected chi connectivity index (χ4v) is 5.29. The van der Waals surface area contributed by atoms with Gasteiger partial charge in [-0.1, -0.05) is 55.1 Å². The number of hydrogen-bond acceptors (Lipinski definition) is 8. The summed E-state index contributed by atoms with van der Waals surface area (Å²) in [6.07, 6.45) is 2.20. The van der Waals surface area contributed by atoms with E-state index in [1.807, 2.05) is 43.3 Å². The molecule has 1 N–H and O–H groups in total. The summed E-state index contributed by atoms with van der Waals surface area (Å²) in [4.78, 5) is 17.4. The molecule has 4 aromatic rings. The van der Waals surface area contributed by atoms with Gasteiger partial charge in [0.25, 0.3) is 0 Å². The Bertz CT molecular complexity index is 1670. The van der Waals surface area contributed by atoms with Crippen molar-refractivity contribution in [3.8, 4) is 11.5 Å². The number of aryl methyl sites for hydroxylation is 1. The van der Waals surface area contributed by atoms with Crippen LogP contribution in [0.5, 0.6) is 11.5 Å². The Hall–Kier alpha value is -4.69. The molecule has 0 spiro atoms. The van der Waals surface area contributed by atoms with Crippen LogP contribution in [0.2, 0.25) is 0 Å². The van der Waals surface area contributed by atoms with Crippen LogP contribution in [0.25, 0.3) is 16.5 Å². The minimum Gasteiger partial charge on any atom is -0.495 e. The van der Waals surface area contributed by atoms with E-state index in [2.05, 4.69) is 30.0 Å². The largest absolute Gasteiger partial charge is 0.530 e. The van der Waals surface area contributed by atoms with Crippen molar-refractivity contribution >= 4 is 36.1 Å². The van der Waals surface area contributed by atoms with Crippen LogP contribution in [0.3, 0.4) is 0 Å². The summed E-state index contributed by atoms with van der Waals surface area (Å²) < 4.78 is 39.5. The normalized spacial score (nSPS) is 11.0. The van der Waals surface area contributed by atoms with E-state index >= 15 is 0 Å². The summed E-state index contributed by atoms with van der Waals surface area (Å²) in [5.41, 5.74) is 5.38. The average Bonchev–Trinajstić information content (AvgIpc) is 3.01. The summed E-state index contributed by atoms with van der Waals surface area (Å²) in [5.74, 6) is 0.719. The number of rotatable bonds is 14. The highest BCUT2D eigenvalue weighted by Crippen LogP contribution is 2.49. The van der Waals surface area contributed by atoms with Crippen molar-refractivity contribution in [3.05, 3.63) is 127 Å². The lowest BCUT2D eigenvalue weighted by molar-refractivity contribution is 0.155. The summed E-state index contributed by atoms with van der Waals surface area (Å²) >= 11 is 0. The van der Waals surface area contributed by atoms with E-state index in [0.717, 1.165) is 33.3 Å². The molecule has 0 saturated heterocycles. The third-order valence-corrected chi connectivity index (χ3v) is 7.53. The highest BCUT2D eigenvalue weighted by Gasteiger charge is 2.27. The van der Waals surface area contributed by atoms with E-state index in [1.54, 1.807) is 36.4 Å². The second kappa shape index (κ2) is 14.5. The smallest absolute Gasteiger partial charge is 0.495 e. The maximum Gasteiger partial charge on any atom is 0.530 e. The predicted molar refractivity (Wildman–Crippen MR) is 168 cm³/mol. The quantitative estimate of drug-likeness (QED) is 0.114. The van der Waals surface area contributed by atoms with Gasteiger partial charge in [0.1, 0.15) is 18.1 Å². The molecule has 9 nitrogen and oxygen atoms in total. The molecule has 0 aliphatic rings. The molecule has 0 atom stereocenters. The zero-order valence-corrected chi connectivity index (χ0v) is 25.0. The fraction of sp³-hybridized carbons (Fsp3) is 0.152. The highest BCUT2D eigenvalue weighted by molar-refractivity contribution is 7.48. The van der Waals surface area contributed by atoms with E-state index in [0.29, 0.717) is 17.0 Å². The van der Waals surface area contributed by atoms with Gasteiger partial charge in [0.05, 0.1) is 31.5 Å². The second-order valence-corrected chi connectivity index (χ2v) is 10.9. The Morgan fingerprint density at radius 1 is 0.977 bits per heavy atom. The minimum atomic E-state index is -3.87. The molecular weight excluding hydrogens is 567 g/mol. The topological polar surface area (TPSA) is 105 Å². The summed E-state index contributed by atoms with van der Waals surface area (Å²) in [5, 5.41) is 3.74. The van der Waals surface area contributed by atoms with Crippen molar-refractivity contribution in [3.63, 3.8) is 0 Å². The maximum absolute atomic E-state index is 12.8. The van der Waals surface area contributed by atoms with Gasteiger partial charge in [-0.25, -0.2) is 9.36 Å². The molecule has 43 heavy (non-hydrogen) atoms. The first-order valence-corrected chi connectivity index (χ1v) is 14.8. The molecule has 1 aromatic heterocycles. The van der Waals surface area contributed by atoms with Crippen LogP contribution in [0.15, 0.2) is 105 Å². The van der Waals surface area contributed by atoms with Gasteiger partial charge in [0, 0.05) is 11.1 Å². The SMILES string of the molecule is C=CCOP(=O)(OCC=C)Oc1ccc(COC(=O)Nc2cc(C(=C)c3cc(C)nc4ccccc34)ccc2OC)cc1. The molecular formula is C33H33N2O7P. The van der Waals surface area contributed by atoms with Gasteiger partial charge < -0.3 is 14.0 Å². The minimum absolute atomic E-state index is 0.0163. The van der Waals surface area contributed by atoms with E-state index in [-0.39, 0.29) is 25.6 Å². The summed E-state index contributed by atoms with van der Waals surface area (Å²) in [6.45, 7) is 13.3. The number of pyridine rings is 1. The summed E-state index contributed by atoms with van der Waals surface area (Å²) in [6, 6.07) is 21.8. The average molecular weight is 601 g/mol. The van der Waals surface area contributed by atoms with Crippen molar-refractivity contribution < 1.29 is 32.4 Å². The number of phosphoric acid groups is 1. The van der Waals surface area contributed by atoms with Crippen molar-refractivity contribution in [1.29, 1.82) is 0 Å². The van der Waals surface area contributed by atoms with Crippen LogP contribution in [0, 0.1) is 6.92 Å². The molecule has 0 saturated carbocycles. The molecule has 0 fully saturated rings. The number of methoxy groups -OCH3 is 1. The van der Waals surface area contributed by atoms with Gasteiger partial charge in [-0.05, 0) is 65.6 Å². The van der Waals surface area contributed by atoms with Crippen LogP contribution >= 0.6 is 7.82 Å². The van der Waals surface area contributed by atoms with Crippen LogP contribution in [0.1, 0.15) is 22.4 Å². The van der Waals surface area contributed by atoms with E-state index in [4.69, 9.17) is 23.0 Å². The van der Waals surface area contributed by atoms with Crippen LogP contribution in [-0.2, 0) is 25.0 Å². The standard InChI is InChI=1S/C33H33N2O7P/c1-6-18-40-43(37,41-19-7-2)42-27-15-12-25(13-16-27)22-39-33(36)35-31-21-26(14-17-32(31)38-5)24(4)29-20-23(3)34-30-11-9-8-10-28(29)30/h6-17,20-21H,1-2,4,18-19,22H2,3,5H3,(H,35,36). The molecule has 0 aliphatic heterocycles. The number of fused-ring (bicyclic) bond motifs is 1. The zero-order valence-electron chi connectivity index (χ0n) is 24.1. The Kier molecular flexibility index (Phi) is 10.5. The number of ether oxygens (including phenoxy) is 2. The van der Waals surface area contributed by atoms with Crippen molar-refractivity contribution in [1.82, 2.24) is 4.98 Å². The third-order valence-electron chi connectivity index (χ3n) is 6.17. The first-order chi connectivity index (χ1) is 20.7. The molecule has 222 valence electrons. The Morgan fingerprint density at radius 2 is 1.67 bits per heavy atom. The number of carbonyl (C=O) groups is 1. The lowest BCUT2D eigenvalue weighted by Gasteiger charge is -2.17. The Labute approximate surface area is 251 Å². The van der Waals surface area contributed by atoms with Gasteiger partial charge in [0.2, 0.25) is 0 Å². The number of amides is 1. The van der Waals surface area contributed by atoms with Crippen molar-refractivity contribution in [2.24, 2.45) is 0 Å². The summed E-state index contributed by atoms with van der Waals surface area (Å²) in [7, 11) is -2.35. The van der Waals surface area contributed by atoms with Gasteiger partial charge >= 0.3 is 13.9 Å². The molecule has 10 heteroatoms. The number of nitrogens with one attached hydrogen (secondary N) is 1. The lowest BCUT2D eigenvalue weighted by atomic mass is 9.95. The van der Waals surface area contributed by atoms with Gasteiger partial charge in [0.15, 0.2) is 0 Å². The van der Waals surface area contributed by atoms with Crippen LogP contribution in [-0.4, -0.2) is 31.4 Å². The van der Waals surface area contributed by atoms with E-state index in [1.165, 1.54) is 19.3 Å². The van der Waals surface area contributed by atoms with Crippen LogP contribution in [0.4, 0.5) is 10.5 Å². The second-order valence-electron chi connectivity index (χ2n) is 9.27. The molecule has 0 aliphatic carbocycles. The highest BCUT2D eigenvalue weighted by atomic mass is 31.2. The van der Waals surface area contributed by atoms with Gasteiger partial charge in [-0.2, -0.15) is 0 Å². The van der Waals surface area contributed by atoms with E-state index in [9.17, 15) is 9.36 Å². The number of phosphoric ester groups is 1. The molecule has 4 rings (SSSR count). The number of aromatic nitrogens is 1. The number of hydrogen-bond donors (Lipinski definition) is 1. The van der Waals surface area contributed by atoms with Crippen LogP contribution < -0.4 is 14.6 Å². The number of anilines is 1. The predicted octanol–water partition coefficient (Wildman–Crippen LogP) is 8.25. The molecule has 0 unspecified atom stereocenters. The number of nitrogens with zero attached hydrogens (tertiary/aromatic N) is 1. The number of benzene rings is 3. The third kappa shape index (κ3) is 8.20. The lowest BCUT2D eigenvalue weighted by Crippen LogP contribution is -2.14. The van der Waals surface area contributed by atoms with Gasteiger partial charge in [-0.3, -0.25) is 19.3 Å². The Balaban J connectivity index is 1.42. The van der Waals surface area contributed by atoms with Gasteiger partial charge in [-0.15, -0.1) is 13.2 Å². The van der Waals surface area contributed by atoms with E-state index < -0.39 is 13.9 Å². The fourth-order valence-electron chi connectivity index (χ4n) is 4.15. The van der Waals surface area contributed by atoms with Crippen molar-refractivity contribution in [2.45, 2.75) is 13.5 Å². The molecule has 0 bridgehead atoms. The first-order valence-electron chi connectivity index (χ1n) is 13.3. The number of para-hydroxylation sites is 1. The monoisotopic (exact) mass is 600 g/mol. The molecule has 3 aromatic carbocycles. The molecule has 1 amide bonds. The van der Waals surface area contributed by atoms with Crippen molar-refractivity contribution in [2.75, 3.05) is 25.6 Å². The Morgan fingerprint density at radius 3 is 2.35 bits per heavy atom. The molecule has 1 heterocycles.